The first-order valence-electron chi connectivity index (χ1n) is 12.3. The van der Waals surface area contributed by atoms with Gasteiger partial charge < -0.3 is 20.5 Å². The molecule has 1 aliphatic carbocycles. The minimum absolute atomic E-state index is 0.0217. The number of carbonyl (C=O) groups excluding carboxylic acids is 2. The maximum absolute atomic E-state index is 12.7. The van der Waals surface area contributed by atoms with Gasteiger partial charge in [0.05, 0.1) is 0 Å². The number of alkyl carbamates (subject to hydrolysis) is 1. The van der Waals surface area contributed by atoms with Crippen molar-refractivity contribution in [2.24, 2.45) is 11.8 Å². The van der Waals surface area contributed by atoms with Crippen LogP contribution in [0.2, 0.25) is 0 Å². The van der Waals surface area contributed by atoms with Gasteiger partial charge in [0.15, 0.2) is 0 Å². The molecule has 0 bridgehead atoms. The molecule has 2 aromatic rings. The molecular weight excluding hydrogens is 444 g/mol. The van der Waals surface area contributed by atoms with Gasteiger partial charge in [-0.3, -0.25) is 4.79 Å². The van der Waals surface area contributed by atoms with Gasteiger partial charge in [-0.25, -0.2) is 9.59 Å². The summed E-state index contributed by atoms with van der Waals surface area (Å²) in [4.78, 5) is 36.8. The molecule has 2 unspecified atom stereocenters. The smallest absolute Gasteiger partial charge is 0.407 e. The second kappa shape index (κ2) is 11.9. The molecule has 7 heteroatoms. The van der Waals surface area contributed by atoms with Crippen LogP contribution in [0.5, 0.6) is 0 Å². The normalized spacial score (nSPS) is 15.0. The quantitative estimate of drug-likeness (QED) is 0.422. The van der Waals surface area contributed by atoms with Gasteiger partial charge >= 0.3 is 12.1 Å². The third kappa shape index (κ3) is 6.62. The Kier molecular flexibility index (Phi) is 8.90. The van der Waals surface area contributed by atoms with E-state index in [0.717, 1.165) is 28.7 Å². The third-order valence-electron chi connectivity index (χ3n) is 6.83. The van der Waals surface area contributed by atoms with Gasteiger partial charge in [0.25, 0.3) is 0 Å². The molecule has 3 N–H and O–H groups in total. The predicted molar refractivity (Wildman–Crippen MR) is 135 cm³/mol. The first-order valence-corrected chi connectivity index (χ1v) is 12.3. The molecule has 0 aliphatic heterocycles. The van der Waals surface area contributed by atoms with Gasteiger partial charge in [0.2, 0.25) is 5.91 Å². The maximum Gasteiger partial charge on any atom is 0.407 e. The van der Waals surface area contributed by atoms with Crippen LogP contribution in [-0.4, -0.2) is 41.8 Å². The fourth-order valence-corrected chi connectivity index (χ4v) is 4.49. The fourth-order valence-electron chi connectivity index (χ4n) is 4.49. The van der Waals surface area contributed by atoms with Crippen LogP contribution in [-0.2, 0) is 14.3 Å². The lowest BCUT2D eigenvalue weighted by molar-refractivity contribution is -0.142. The van der Waals surface area contributed by atoms with E-state index in [1.54, 1.807) is 0 Å². The lowest BCUT2D eigenvalue weighted by Gasteiger charge is -2.24. The number of nitrogens with one attached hydrogen (secondary N) is 2. The molecule has 0 aromatic heterocycles. The number of ether oxygens (including phenoxy) is 1. The average molecular weight is 481 g/mol. The number of rotatable bonds is 11. The number of aliphatic carboxylic acids is 1. The highest BCUT2D eigenvalue weighted by Gasteiger charge is 2.30. The number of carboxylic acid groups (broad SMARTS) is 1. The molecular formula is C28H36N2O5. The van der Waals surface area contributed by atoms with Crippen molar-refractivity contribution in [3.63, 3.8) is 0 Å². The van der Waals surface area contributed by atoms with E-state index in [2.05, 4.69) is 34.9 Å². The topological polar surface area (TPSA) is 105 Å². The van der Waals surface area contributed by atoms with E-state index in [0.29, 0.717) is 6.42 Å². The lowest BCUT2D eigenvalue weighted by atomic mass is 9.97. The van der Waals surface area contributed by atoms with Crippen LogP contribution in [0.3, 0.4) is 0 Å². The molecule has 2 amide bonds. The van der Waals surface area contributed by atoms with E-state index in [1.165, 1.54) is 0 Å². The van der Waals surface area contributed by atoms with Crippen LogP contribution in [0.15, 0.2) is 48.5 Å². The first kappa shape index (κ1) is 26.3. The van der Waals surface area contributed by atoms with Crippen molar-refractivity contribution in [3.05, 3.63) is 59.7 Å². The molecule has 0 spiro atoms. The molecule has 0 saturated carbocycles. The fraction of sp³-hybridized carbons (Fsp3) is 0.464. The number of carboxylic acids is 1. The van der Waals surface area contributed by atoms with Crippen LogP contribution < -0.4 is 10.6 Å². The highest BCUT2D eigenvalue weighted by molar-refractivity contribution is 5.84. The highest BCUT2D eigenvalue weighted by atomic mass is 16.5. The second-order valence-electron chi connectivity index (χ2n) is 9.73. The van der Waals surface area contributed by atoms with Crippen LogP contribution in [0.25, 0.3) is 11.1 Å². The zero-order valence-corrected chi connectivity index (χ0v) is 20.9. The Balaban J connectivity index is 1.59. The van der Waals surface area contributed by atoms with Gasteiger partial charge in [-0.05, 0) is 40.5 Å². The number of benzene rings is 2. The summed E-state index contributed by atoms with van der Waals surface area (Å²) in [5, 5.41) is 14.9. The van der Waals surface area contributed by atoms with Crippen molar-refractivity contribution in [2.45, 2.75) is 65.0 Å². The Bertz CT molecular complexity index is 1010. The van der Waals surface area contributed by atoms with E-state index >= 15 is 0 Å². The molecule has 0 fully saturated rings. The van der Waals surface area contributed by atoms with Crippen LogP contribution in [0.1, 0.15) is 64.0 Å². The van der Waals surface area contributed by atoms with Crippen LogP contribution in [0, 0.1) is 11.8 Å². The van der Waals surface area contributed by atoms with Crippen molar-refractivity contribution in [1.82, 2.24) is 10.6 Å². The summed E-state index contributed by atoms with van der Waals surface area (Å²) in [7, 11) is 0. The van der Waals surface area contributed by atoms with Crippen molar-refractivity contribution in [3.8, 4) is 11.1 Å². The summed E-state index contributed by atoms with van der Waals surface area (Å²) in [5.74, 6) is -1.37. The average Bonchev–Trinajstić information content (AvgIpc) is 3.15. The molecule has 188 valence electrons. The van der Waals surface area contributed by atoms with E-state index < -0.39 is 30.1 Å². The highest BCUT2D eigenvalue weighted by Crippen LogP contribution is 2.44. The number of fused-ring (bicyclic) bond motifs is 3. The Labute approximate surface area is 207 Å². The molecule has 7 nitrogen and oxygen atoms in total. The SMILES string of the molecule is CCC(C)CC(NC(=O)C[C@H](NC(=O)OCC1c2ccccc2-c2ccccc21)C(C)C)C(=O)O. The second-order valence-corrected chi connectivity index (χ2v) is 9.73. The molecule has 2 aromatic carbocycles. The summed E-state index contributed by atoms with van der Waals surface area (Å²) in [5.41, 5.74) is 4.56. The van der Waals surface area contributed by atoms with Crippen molar-refractivity contribution in [1.29, 1.82) is 0 Å². The third-order valence-corrected chi connectivity index (χ3v) is 6.83. The molecule has 3 rings (SSSR count). The zero-order chi connectivity index (χ0) is 25.5. The first-order chi connectivity index (χ1) is 16.7. The minimum Gasteiger partial charge on any atom is -0.480 e. The molecule has 0 radical (unpaired) electrons. The van der Waals surface area contributed by atoms with Gasteiger partial charge in [-0.2, -0.15) is 0 Å². The maximum atomic E-state index is 12.7. The van der Waals surface area contributed by atoms with E-state index in [1.807, 2.05) is 52.0 Å². The number of amides is 2. The molecule has 1 aliphatic rings. The van der Waals surface area contributed by atoms with E-state index in [-0.39, 0.29) is 30.8 Å². The van der Waals surface area contributed by atoms with Crippen LogP contribution >= 0.6 is 0 Å². The largest absolute Gasteiger partial charge is 0.480 e. The van der Waals surface area contributed by atoms with Crippen molar-refractivity contribution < 1.29 is 24.2 Å². The van der Waals surface area contributed by atoms with Crippen LogP contribution in [0.4, 0.5) is 4.79 Å². The lowest BCUT2D eigenvalue weighted by Crippen LogP contribution is -2.47. The Hall–Kier alpha value is -3.35. The van der Waals surface area contributed by atoms with Gasteiger partial charge in [-0.1, -0.05) is 82.6 Å². The molecule has 0 heterocycles. The van der Waals surface area contributed by atoms with E-state index in [9.17, 15) is 19.5 Å². The molecule has 3 atom stereocenters. The standard InChI is InChI=1S/C28H36N2O5/c1-5-18(4)14-25(27(32)33)29-26(31)15-24(17(2)3)30-28(34)35-16-23-21-12-8-6-10-19(21)20-11-7-9-13-22(20)23/h6-13,17-18,23-25H,5,14-16H2,1-4H3,(H,29,31)(H,30,34)(H,32,33)/t18?,24-,25?/m0/s1. The number of hydrogen-bond acceptors (Lipinski definition) is 4. The summed E-state index contributed by atoms with van der Waals surface area (Å²) in [6.07, 6.45) is 0.584. The van der Waals surface area contributed by atoms with Crippen molar-refractivity contribution in [2.75, 3.05) is 6.61 Å². The zero-order valence-electron chi connectivity index (χ0n) is 20.9. The van der Waals surface area contributed by atoms with Gasteiger partial charge in [0, 0.05) is 18.4 Å². The molecule has 35 heavy (non-hydrogen) atoms. The molecule has 0 saturated heterocycles. The number of hydrogen-bond donors (Lipinski definition) is 3. The summed E-state index contributed by atoms with van der Waals surface area (Å²) in [6, 6.07) is 14.8. The predicted octanol–water partition coefficient (Wildman–Crippen LogP) is 4.95. The Morgan fingerprint density at radius 1 is 0.943 bits per heavy atom. The minimum atomic E-state index is -1.05. The summed E-state index contributed by atoms with van der Waals surface area (Å²) >= 11 is 0. The van der Waals surface area contributed by atoms with Crippen molar-refractivity contribution >= 4 is 18.0 Å². The summed E-state index contributed by atoms with van der Waals surface area (Å²) < 4.78 is 5.61. The monoisotopic (exact) mass is 480 g/mol. The van der Waals surface area contributed by atoms with E-state index in [4.69, 9.17) is 4.74 Å². The van der Waals surface area contributed by atoms with Gasteiger partial charge in [0.1, 0.15) is 12.6 Å². The summed E-state index contributed by atoms with van der Waals surface area (Å²) in [6.45, 7) is 7.92. The van der Waals surface area contributed by atoms with Gasteiger partial charge in [-0.15, -0.1) is 0 Å². The Morgan fingerprint density at radius 3 is 2.03 bits per heavy atom. The number of carbonyl (C=O) groups is 3. The Morgan fingerprint density at radius 2 is 1.51 bits per heavy atom.